The van der Waals surface area contributed by atoms with Crippen LogP contribution in [-0.2, 0) is 26.2 Å². The zero-order valence-electron chi connectivity index (χ0n) is 22.6. The smallest absolute Gasteiger partial charge is 0.242 e. The van der Waals surface area contributed by atoms with Gasteiger partial charge in [0.05, 0.1) is 11.9 Å². The predicted molar refractivity (Wildman–Crippen MR) is 159 cm³/mol. The number of rotatable bonds is 11. The maximum Gasteiger partial charge on any atom is 0.242 e. The SMILES string of the molecule is Cc1c(Cl)cccc1N(CCCC(=O)N(Cc1ccc(Cl)cc1Cl)C(C)C(=O)NC1CCCCC1)S(C)(=O)=O. The molecule has 214 valence electrons. The van der Waals surface area contributed by atoms with Crippen molar-refractivity contribution < 1.29 is 18.0 Å². The number of amides is 2. The topological polar surface area (TPSA) is 86.8 Å². The van der Waals surface area contributed by atoms with Crippen LogP contribution in [-0.4, -0.2) is 50.0 Å². The van der Waals surface area contributed by atoms with Gasteiger partial charge in [0.25, 0.3) is 0 Å². The molecule has 1 atom stereocenters. The molecule has 0 aliphatic heterocycles. The van der Waals surface area contributed by atoms with Gasteiger partial charge in [-0.1, -0.05) is 66.2 Å². The van der Waals surface area contributed by atoms with Crippen LogP contribution in [0.5, 0.6) is 0 Å². The molecule has 39 heavy (non-hydrogen) atoms. The summed E-state index contributed by atoms with van der Waals surface area (Å²) in [6, 6.07) is 9.48. The lowest BCUT2D eigenvalue weighted by Gasteiger charge is -2.32. The second kappa shape index (κ2) is 14.1. The highest BCUT2D eigenvalue weighted by atomic mass is 35.5. The van der Waals surface area contributed by atoms with Crippen LogP contribution < -0.4 is 9.62 Å². The van der Waals surface area contributed by atoms with Crippen LogP contribution in [0.25, 0.3) is 0 Å². The molecule has 11 heteroatoms. The first kappa shape index (κ1) is 31.5. The minimum absolute atomic E-state index is 0.0396. The Morgan fingerprint density at radius 1 is 1.05 bits per heavy atom. The third-order valence-corrected chi connectivity index (χ3v) is 9.31. The molecule has 1 saturated carbocycles. The second-order valence-corrected chi connectivity index (χ2v) is 13.3. The molecule has 0 bridgehead atoms. The number of sulfonamides is 1. The number of hydrogen-bond donors (Lipinski definition) is 1. The maximum absolute atomic E-state index is 13.5. The highest BCUT2D eigenvalue weighted by Crippen LogP contribution is 2.29. The number of carbonyl (C=O) groups excluding carboxylic acids is 2. The van der Waals surface area contributed by atoms with Crippen molar-refractivity contribution in [2.75, 3.05) is 17.1 Å². The van der Waals surface area contributed by atoms with Gasteiger partial charge in [0, 0.05) is 40.6 Å². The zero-order chi connectivity index (χ0) is 28.7. The van der Waals surface area contributed by atoms with Crippen LogP contribution in [0, 0.1) is 6.92 Å². The Labute approximate surface area is 246 Å². The van der Waals surface area contributed by atoms with Crippen molar-refractivity contribution in [3.8, 4) is 0 Å². The molecule has 0 aromatic heterocycles. The quantitative estimate of drug-likeness (QED) is 0.318. The predicted octanol–water partition coefficient (Wildman–Crippen LogP) is 6.37. The zero-order valence-corrected chi connectivity index (χ0v) is 25.6. The highest BCUT2D eigenvalue weighted by Gasteiger charge is 2.29. The van der Waals surface area contributed by atoms with Gasteiger partial charge in [-0.25, -0.2) is 8.42 Å². The van der Waals surface area contributed by atoms with E-state index in [1.165, 1.54) is 15.6 Å². The molecular weight excluding hydrogens is 581 g/mol. The summed E-state index contributed by atoms with van der Waals surface area (Å²) in [4.78, 5) is 28.2. The van der Waals surface area contributed by atoms with Crippen LogP contribution in [0.2, 0.25) is 15.1 Å². The van der Waals surface area contributed by atoms with Crippen molar-refractivity contribution >= 4 is 62.3 Å². The van der Waals surface area contributed by atoms with Crippen LogP contribution in [0.15, 0.2) is 36.4 Å². The van der Waals surface area contributed by atoms with E-state index in [2.05, 4.69) is 5.32 Å². The van der Waals surface area contributed by atoms with Crippen LogP contribution in [0.3, 0.4) is 0 Å². The number of nitrogens with zero attached hydrogens (tertiary/aromatic N) is 2. The molecule has 0 saturated heterocycles. The fourth-order valence-corrected chi connectivity index (χ4v) is 6.49. The Morgan fingerprint density at radius 2 is 1.74 bits per heavy atom. The number of halogens is 3. The minimum atomic E-state index is -3.62. The number of benzene rings is 2. The number of hydrogen-bond acceptors (Lipinski definition) is 4. The summed E-state index contributed by atoms with van der Waals surface area (Å²) >= 11 is 18.7. The molecule has 0 radical (unpaired) electrons. The van der Waals surface area contributed by atoms with Gasteiger partial charge in [0.1, 0.15) is 6.04 Å². The second-order valence-electron chi connectivity index (χ2n) is 10.1. The normalized spacial score (nSPS) is 15.0. The van der Waals surface area contributed by atoms with Crippen molar-refractivity contribution in [1.29, 1.82) is 0 Å². The number of anilines is 1. The van der Waals surface area contributed by atoms with Crippen LogP contribution in [0.1, 0.15) is 63.0 Å². The Morgan fingerprint density at radius 3 is 2.38 bits per heavy atom. The van der Waals surface area contributed by atoms with Crippen molar-refractivity contribution in [2.24, 2.45) is 0 Å². The van der Waals surface area contributed by atoms with Gasteiger partial charge in [0.2, 0.25) is 21.8 Å². The Hall–Kier alpha value is -2.00. The first-order chi connectivity index (χ1) is 18.4. The van der Waals surface area contributed by atoms with Crippen LogP contribution >= 0.6 is 34.8 Å². The van der Waals surface area contributed by atoms with Gasteiger partial charge in [0.15, 0.2) is 0 Å². The lowest BCUT2D eigenvalue weighted by atomic mass is 9.95. The summed E-state index contributed by atoms with van der Waals surface area (Å²) in [5, 5.41) is 4.44. The number of nitrogens with one attached hydrogen (secondary N) is 1. The van der Waals surface area contributed by atoms with Crippen molar-refractivity contribution in [3.05, 3.63) is 62.6 Å². The number of carbonyl (C=O) groups is 2. The molecule has 1 unspecified atom stereocenters. The third kappa shape index (κ3) is 8.74. The van der Waals surface area contributed by atoms with E-state index in [-0.39, 0.29) is 43.8 Å². The Kier molecular flexibility index (Phi) is 11.4. The molecular formula is C28H36Cl3N3O4S. The van der Waals surface area contributed by atoms with Gasteiger partial charge in [-0.2, -0.15) is 0 Å². The summed E-state index contributed by atoms with van der Waals surface area (Å²) in [7, 11) is -3.62. The summed E-state index contributed by atoms with van der Waals surface area (Å²) in [5.41, 5.74) is 1.78. The molecule has 1 N–H and O–H groups in total. The monoisotopic (exact) mass is 615 g/mol. The Bertz CT molecular complexity index is 1280. The van der Waals surface area contributed by atoms with E-state index in [1.807, 2.05) is 0 Å². The van der Waals surface area contributed by atoms with E-state index in [0.717, 1.165) is 31.9 Å². The van der Waals surface area contributed by atoms with Crippen molar-refractivity contribution in [2.45, 2.75) is 77.4 Å². The molecule has 0 heterocycles. The summed E-state index contributed by atoms with van der Waals surface area (Å²) in [6.45, 7) is 3.67. The molecule has 7 nitrogen and oxygen atoms in total. The van der Waals surface area contributed by atoms with Crippen LogP contribution in [0.4, 0.5) is 5.69 Å². The lowest BCUT2D eigenvalue weighted by molar-refractivity contribution is -0.141. The fourth-order valence-electron chi connectivity index (χ4n) is 4.83. The van der Waals surface area contributed by atoms with Crippen molar-refractivity contribution in [1.82, 2.24) is 10.2 Å². The fraction of sp³-hybridized carbons (Fsp3) is 0.500. The summed E-state index contributed by atoms with van der Waals surface area (Å²) in [6.07, 6.45) is 6.59. The molecule has 2 aromatic rings. The van der Waals surface area contributed by atoms with E-state index in [1.54, 1.807) is 50.2 Å². The van der Waals surface area contributed by atoms with E-state index in [0.29, 0.717) is 31.9 Å². The molecule has 1 aliphatic rings. The van der Waals surface area contributed by atoms with E-state index in [4.69, 9.17) is 34.8 Å². The molecule has 1 aliphatic carbocycles. The summed E-state index contributed by atoms with van der Waals surface area (Å²) < 4.78 is 26.5. The van der Waals surface area contributed by atoms with Gasteiger partial charge >= 0.3 is 0 Å². The molecule has 2 aromatic carbocycles. The average molecular weight is 617 g/mol. The first-order valence-corrected chi connectivity index (χ1v) is 16.1. The molecule has 0 spiro atoms. The maximum atomic E-state index is 13.5. The standard InChI is InChI=1S/C28H36Cl3N3O4S/c1-19-24(30)11-7-12-26(19)34(39(3,37)38)16-8-13-27(35)33(18-21-14-15-22(29)17-25(21)31)20(2)28(36)32-23-9-5-4-6-10-23/h7,11-12,14-15,17,20,23H,4-6,8-10,13,16,18H2,1-3H3,(H,32,36). The molecule has 3 rings (SSSR count). The van der Waals surface area contributed by atoms with Gasteiger partial charge in [-0.05, 0) is 68.5 Å². The third-order valence-electron chi connectivity index (χ3n) is 7.13. The average Bonchev–Trinajstić information content (AvgIpc) is 2.87. The summed E-state index contributed by atoms with van der Waals surface area (Å²) in [5.74, 6) is -0.490. The van der Waals surface area contributed by atoms with Gasteiger partial charge in [-0.15, -0.1) is 0 Å². The molecule has 1 fully saturated rings. The largest absolute Gasteiger partial charge is 0.352 e. The highest BCUT2D eigenvalue weighted by molar-refractivity contribution is 7.92. The van der Waals surface area contributed by atoms with Gasteiger partial charge < -0.3 is 10.2 Å². The Balaban J connectivity index is 1.77. The van der Waals surface area contributed by atoms with E-state index >= 15 is 0 Å². The van der Waals surface area contributed by atoms with E-state index in [9.17, 15) is 18.0 Å². The molecule has 2 amide bonds. The van der Waals surface area contributed by atoms with Gasteiger partial charge in [-0.3, -0.25) is 13.9 Å². The first-order valence-electron chi connectivity index (χ1n) is 13.1. The van der Waals surface area contributed by atoms with E-state index < -0.39 is 16.1 Å². The lowest BCUT2D eigenvalue weighted by Crippen LogP contribution is -2.50. The van der Waals surface area contributed by atoms with Crippen molar-refractivity contribution in [3.63, 3.8) is 0 Å². The minimum Gasteiger partial charge on any atom is -0.352 e.